The second-order valence-electron chi connectivity index (χ2n) is 3.53. The zero-order chi connectivity index (χ0) is 12.3. The predicted molar refractivity (Wildman–Crippen MR) is 69.0 cm³/mol. The quantitative estimate of drug-likeness (QED) is 0.918. The van der Waals surface area contributed by atoms with Crippen LogP contribution >= 0.6 is 22.9 Å². The molecule has 0 aliphatic carbocycles. The molecule has 0 aliphatic heterocycles. The minimum Gasteiger partial charge on any atom is -0.305 e. The highest BCUT2D eigenvalue weighted by Gasteiger charge is 2.16. The fourth-order valence-corrected chi connectivity index (χ4v) is 2.75. The molecule has 0 aromatic carbocycles. The van der Waals surface area contributed by atoms with Crippen LogP contribution in [0.25, 0.3) is 0 Å². The molecule has 1 atom stereocenters. The maximum Gasteiger partial charge on any atom is 0.141 e. The lowest BCUT2D eigenvalue weighted by atomic mass is 10.1. The Hall–Kier alpha value is -0.970. The lowest BCUT2D eigenvalue weighted by molar-refractivity contribution is 0.599. The Morgan fingerprint density at radius 2 is 2.24 bits per heavy atom. The van der Waals surface area contributed by atoms with E-state index in [9.17, 15) is 4.39 Å². The number of aromatic nitrogens is 1. The van der Waals surface area contributed by atoms with Crippen molar-refractivity contribution in [3.8, 4) is 0 Å². The van der Waals surface area contributed by atoms with E-state index < -0.39 is 0 Å². The van der Waals surface area contributed by atoms with Crippen molar-refractivity contribution in [3.63, 3.8) is 0 Å². The molecule has 2 rings (SSSR count). The normalized spacial score (nSPS) is 12.6. The maximum absolute atomic E-state index is 12.8. The van der Waals surface area contributed by atoms with Crippen LogP contribution in [0.5, 0.6) is 0 Å². The number of thiophene rings is 1. The van der Waals surface area contributed by atoms with Gasteiger partial charge in [0.15, 0.2) is 0 Å². The molecule has 0 amide bonds. The molecule has 2 aromatic heterocycles. The molecule has 1 N–H and O–H groups in total. The van der Waals surface area contributed by atoms with Crippen LogP contribution in [0.2, 0.25) is 4.34 Å². The zero-order valence-electron chi connectivity index (χ0n) is 9.28. The monoisotopic (exact) mass is 270 g/mol. The third kappa shape index (κ3) is 3.03. The van der Waals surface area contributed by atoms with Crippen LogP contribution in [-0.2, 0) is 0 Å². The van der Waals surface area contributed by atoms with Gasteiger partial charge in [-0.05, 0) is 30.8 Å². The van der Waals surface area contributed by atoms with E-state index in [1.165, 1.54) is 23.6 Å². The smallest absolute Gasteiger partial charge is 0.141 e. The van der Waals surface area contributed by atoms with Gasteiger partial charge in [-0.1, -0.05) is 18.5 Å². The largest absolute Gasteiger partial charge is 0.305 e. The second-order valence-corrected chi connectivity index (χ2v) is 5.28. The average molecular weight is 271 g/mol. The Balaban J connectivity index is 2.31. The Bertz CT molecular complexity index is 484. The van der Waals surface area contributed by atoms with Crippen LogP contribution in [0.1, 0.15) is 23.5 Å². The highest BCUT2D eigenvalue weighted by Crippen LogP contribution is 2.30. The standard InChI is InChI=1S/C12H12ClFN2S/c1-2-15-12(10-5-6-11(13)17-10)9-4-3-8(14)7-16-9/h3-7,12,15H,2H2,1H3. The summed E-state index contributed by atoms with van der Waals surface area (Å²) < 4.78 is 13.6. The van der Waals surface area contributed by atoms with E-state index in [2.05, 4.69) is 10.3 Å². The first kappa shape index (κ1) is 12.5. The molecular weight excluding hydrogens is 259 g/mol. The van der Waals surface area contributed by atoms with Crippen molar-refractivity contribution in [2.45, 2.75) is 13.0 Å². The van der Waals surface area contributed by atoms with Gasteiger partial charge in [0.05, 0.1) is 22.3 Å². The highest BCUT2D eigenvalue weighted by molar-refractivity contribution is 7.16. The number of rotatable bonds is 4. The topological polar surface area (TPSA) is 24.9 Å². The SMILES string of the molecule is CCNC(c1ccc(F)cn1)c1ccc(Cl)s1. The molecule has 0 fully saturated rings. The summed E-state index contributed by atoms with van der Waals surface area (Å²) in [6, 6.07) is 6.90. The van der Waals surface area contributed by atoms with Crippen molar-refractivity contribution in [3.05, 3.63) is 51.2 Å². The van der Waals surface area contributed by atoms with Gasteiger partial charge in [-0.15, -0.1) is 11.3 Å². The van der Waals surface area contributed by atoms with Crippen molar-refractivity contribution in [2.24, 2.45) is 0 Å². The molecule has 0 radical (unpaired) electrons. The van der Waals surface area contributed by atoms with E-state index in [4.69, 9.17) is 11.6 Å². The first-order valence-corrected chi connectivity index (χ1v) is 6.50. The predicted octanol–water partition coefficient (Wildman–Crippen LogP) is 3.63. The zero-order valence-corrected chi connectivity index (χ0v) is 10.9. The Labute approximate surface area is 108 Å². The van der Waals surface area contributed by atoms with Crippen molar-refractivity contribution in [1.29, 1.82) is 0 Å². The van der Waals surface area contributed by atoms with Gasteiger partial charge in [-0.3, -0.25) is 4.98 Å². The molecule has 17 heavy (non-hydrogen) atoms. The summed E-state index contributed by atoms with van der Waals surface area (Å²) in [6.07, 6.45) is 1.23. The number of nitrogens with one attached hydrogen (secondary N) is 1. The van der Waals surface area contributed by atoms with Crippen LogP contribution in [0.4, 0.5) is 4.39 Å². The van der Waals surface area contributed by atoms with Crippen LogP contribution in [0, 0.1) is 5.82 Å². The number of pyridine rings is 1. The molecule has 0 saturated carbocycles. The molecule has 0 spiro atoms. The molecule has 5 heteroatoms. The van der Waals surface area contributed by atoms with Crippen LogP contribution < -0.4 is 5.32 Å². The summed E-state index contributed by atoms with van der Waals surface area (Å²) >= 11 is 7.43. The third-order valence-electron chi connectivity index (χ3n) is 2.33. The summed E-state index contributed by atoms with van der Waals surface area (Å²) in [4.78, 5) is 5.19. The van der Waals surface area contributed by atoms with E-state index in [0.29, 0.717) is 0 Å². The molecule has 2 nitrogen and oxygen atoms in total. The Kier molecular flexibility index (Phi) is 4.10. The summed E-state index contributed by atoms with van der Waals surface area (Å²) in [5.41, 5.74) is 0.798. The molecule has 0 bridgehead atoms. The molecular formula is C12H12ClFN2S. The Morgan fingerprint density at radius 1 is 1.41 bits per heavy atom. The first-order valence-electron chi connectivity index (χ1n) is 5.30. The van der Waals surface area contributed by atoms with Crippen molar-refractivity contribution < 1.29 is 4.39 Å². The van der Waals surface area contributed by atoms with Crippen molar-refractivity contribution in [1.82, 2.24) is 10.3 Å². The van der Waals surface area contributed by atoms with Gasteiger partial charge in [-0.2, -0.15) is 0 Å². The van der Waals surface area contributed by atoms with Gasteiger partial charge in [0.2, 0.25) is 0 Å². The summed E-state index contributed by atoms with van der Waals surface area (Å²) in [5.74, 6) is -0.326. The number of hydrogen-bond acceptors (Lipinski definition) is 3. The fourth-order valence-electron chi connectivity index (χ4n) is 1.60. The lowest BCUT2D eigenvalue weighted by Gasteiger charge is -2.15. The number of hydrogen-bond donors (Lipinski definition) is 1. The van der Waals surface area contributed by atoms with Gasteiger partial charge < -0.3 is 5.32 Å². The van der Waals surface area contributed by atoms with Crippen LogP contribution in [-0.4, -0.2) is 11.5 Å². The second kappa shape index (κ2) is 5.58. The molecule has 0 saturated heterocycles. The minimum atomic E-state index is -0.326. The lowest BCUT2D eigenvalue weighted by Crippen LogP contribution is -2.22. The highest BCUT2D eigenvalue weighted by atomic mass is 35.5. The van der Waals surface area contributed by atoms with E-state index in [-0.39, 0.29) is 11.9 Å². The van der Waals surface area contributed by atoms with Gasteiger partial charge in [-0.25, -0.2) is 4.39 Å². The van der Waals surface area contributed by atoms with E-state index in [0.717, 1.165) is 21.5 Å². The van der Waals surface area contributed by atoms with Gasteiger partial charge in [0, 0.05) is 4.88 Å². The maximum atomic E-state index is 12.8. The number of nitrogens with zero attached hydrogens (tertiary/aromatic N) is 1. The van der Waals surface area contributed by atoms with E-state index >= 15 is 0 Å². The van der Waals surface area contributed by atoms with Crippen molar-refractivity contribution in [2.75, 3.05) is 6.54 Å². The molecule has 2 aromatic rings. The molecule has 1 unspecified atom stereocenters. The Morgan fingerprint density at radius 3 is 2.76 bits per heavy atom. The molecule has 90 valence electrons. The van der Waals surface area contributed by atoms with E-state index in [1.54, 1.807) is 6.07 Å². The minimum absolute atomic E-state index is 0.0295. The van der Waals surface area contributed by atoms with Crippen LogP contribution in [0.15, 0.2) is 30.5 Å². The molecule has 0 aliphatic rings. The first-order chi connectivity index (χ1) is 8.20. The summed E-state index contributed by atoms with van der Waals surface area (Å²) in [5, 5.41) is 3.31. The number of halogens is 2. The van der Waals surface area contributed by atoms with Crippen LogP contribution in [0.3, 0.4) is 0 Å². The van der Waals surface area contributed by atoms with Gasteiger partial charge >= 0.3 is 0 Å². The van der Waals surface area contributed by atoms with Crippen molar-refractivity contribution >= 4 is 22.9 Å². The average Bonchev–Trinajstić information content (AvgIpc) is 2.74. The third-order valence-corrected chi connectivity index (χ3v) is 3.63. The van der Waals surface area contributed by atoms with E-state index in [1.807, 2.05) is 19.1 Å². The molecule has 2 heterocycles. The van der Waals surface area contributed by atoms with Gasteiger partial charge in [0.1, 0.15) is 5.82 Å². The summed E-state index contributed by atoms with van der Waals surface area (Å²) in [7, 11) is 0. The van der Waals surface area contributed by atoms with Gasteiger partial charge in [0.25, 0.3) is 0 Å². The summed E-state index contributed by atoms with van der Waals surface area (Å²) in [6.45, 7) is 2.82. The fraction of sp³-hybridized carbons (Fsp3) is 0.250.